The molecule has 24 heavy (non-hydrogen) atoms. The maximum absolute atomic E-state index is 11.6. The van der Waals surface area contributed by atoms with Gasteiger partial charge in [-0.2, -0.15) is 0 Å². The van der Waals surface area contributed by atoms with E-state index in [1.54, 1.807) is 18.2 Å². The first-order chi connectivity index (χ1) is 11.3. The fraction of sp³-hybridized carbons (Fsp3) is 0.133. The van der Waals surface area contributed by atoms with E-state index in [0.29, 0.717) is 5.56 Å². The van der Waals surface area contributed by atoms with Gasteiger partial charge in [-0.15, -0.1) is 0 Å². The van der Waals surface area contributed by atoms with E-state index >= 15 is 0 Å². The van der Waals surface area contributed by atoms with Gasteiger partial charge in [-0.25, -0.2) is 4.79 Å². The molecule has 0 spiro atoms. The number of nitro groups is 2. The van der Waals surface area contributed by atoms with Gasteiger partial charge in [0.2, 0.25) is 0 Å². The minimum absolute atomic E-state index is 0.406. The lowest BCUT2D eigenvalue weighted by Crippen LogP contribution is -2.38. The molecule has 0 radical (unpaired) electrons. The van der Waals surface area contributed by atoms with Crippen LogP contribution in [-0.2, 0) is 16.8 Å². The smallest absolute Gasteiger partial charge is 0.352 e. The molecule has 0 saturated heterocycles. The summed E-state index contributed by atoms with van der Waals surface area (Å²) in [5.74, 6) is -1.74. The zero-order valence-corrected chi connectivity index (χ0v) is 12.2. The number of carboxylic acids is 1. The summed E-state index contributed by atoms with van der Waals surface area (Å²) >= 11 is 0. The van der Waals surface area contributed by atoms with Crippen LogP contribution in [0.1, 0.15) is 11.1 Å². The third-order valence-electron chi connectivity index (χ3n) is 3.50. The number of para-hydroxylation sites is 1. The van der Waals surface area contributed by atoms with Crippen molar-refractivity contribution in [2.24, 2.45) is 0 Å². The first-order valence-electron chi connectivity index (χ1n) is 6.69. The number of hydrogen-bond donors (Lipinski definition) is 2. The first kappa shape index (κ1) is 17.0. The molecular weight excluding hydrogens is 320 g/mol. The summed E-state index contributed by atoms with van der Waals surface area (Å²) in [4.78, 5) is 31.9. The molecule has 1 atom stereocenters. The molecular formula is C15H12N2O7. The maximum atomic E-state index is 11.6. The number of nitro benzene ring substituents is 2. The van der Waals surface area contributed by atoms with Crippen LogP contribution in [0.25, 0.3) is 0 Å². The van der Waals surface area contributed by atoms with Gasteiger partial charge in [0.05, 0.1) is 15.4 Å². The Hall–Kier alpha value is -3.33. The highest BCUT2D eigenvalue weighted by atomic mass is 16.6. The summed E-state index contributed by atoms with van der Waals surface area (Å²) in [6, 6.07) is 11.0. The second kappa shape index (κ2) is 6.42. The van der Waals surface area contributed by atoms with E-state index in [-0.39, 0.29) is 0 Å². The summed E-state index contributed by atoms with van der Waals surface area (Å²) in [5.41, 5.74) is -4.84. The molecule has 0 aliphatic heterocycles. The van der Waals surface area contributed by atoms with Gasteiger partial charge in [0, 0.05) is 12.5 Å². The van der Waals surface area contributed by atoms with Crippen molar-refractivity contribution in [1.82, 2.24) is 0 Å². The van der Waals surface area contributed by atoms with Crippen LogP contribution in [-0.4, -0.2) is 26.0 Å². The molecule has 0 amide bonds. The number of carbonyl (C=O) groups is 1. The Kier molecular flexibility index (Phi) is 4.56. The van der Waals surface area contributed by atoms with E-state index < -0.39 is 44.8 Å². The molecule has 9 heteroatoms. The number of benzene rings is 2. The average Bonchev–Trinajstić information content (AvgIpc) is 2.54. The Bertz CT molecular complexity index is 807. The number of aliphatic carboxylic acids is 1. The molecule has 124 valence electrons. The van der Waals surface area contributed by atoms with Crippen molar-refractivity contribution >= 4 is 17.3 Å². The summed E-state index contributed by atoms with van der Waals surface area (Å²) in [7, 11) is 0. The number of nitrogens with zero attached hydrogens (tertiary/aromatic N) is 2. The van der Waals surface area contributed by atoms with E-state index in [2.05, 4.69) is 0 Å². The van der Waals surface area contributed by atoms with Gasteiger partial charge in [-0.05, 0) is 11.6 Å². The van der Waals surface area contributed by atoms with Gasteiger partial charge in [0.1, 0.15) is 0 Å². The van der Waals surface area contributed by atoms with Crippen molar-refractivity contribution in [2.45, 2.75) is 12.0 Å². The molecule has 0 heterocycles. The standard InChI is InChI=1S/C15H12N2O7/c18-14(19)15(20,9-10-5-2-1-3-6-10)11-7-4-8-12(16(21)22)13(11)17(23)24/h1-8,20H,9H2,(H,18,19). The van der Waals surface area contributed by atoms with Crippen molar-refractivity contribution in [3.63, 3.8) is 0 Å². The van der Waals surface area contributed by atoms with Crippen molar-refractivity contribution < 1.29 is 24.9 Å². The monoisotopic (exact) mass is 332 g/mol. The predicted molar refractivity (Wildman–Crippen MR) is 81.4 cm³/mol. The molecule has 0 aromatic heterocycles. The topological polar surface area (TPSA) is 144 Å². The fourth-order valence-electron chi connectivity index (χ4n) is 2.38. The number of carboxylic acid groups (broad SMARTS) is 1. The van der Waals surface area contributed by atoms with E-state index in [0.717, 1.165) is 18.2 Å². The minimum atomic E-state index is -2.68. The molecule has 0 aliphatic rings. The Morgan fingerprint density at radius 1 is 1.00 bits per heavy atom. The Morgan fingerprint density at radius 2 is 1.62 bits per heavy atom. The van der Waals surface area contributed by atoms with Crippen LogP contribution in [0.4, 0.5) is 11.4 Å². The molecule has 0 fully saturated rings. The number of rotatable bonds is 6. The van der Waals surface area contributed by atoms with Crippen LogP contribution >= 0.6 is 0 Å². The second-order valence-corrected chi connectivity index (χ2v) is 5.02. The molecule has 2 rings (SSSR count). The Balaban J connectivity index is 2.68. The van der Waals surface area contributed by atoms with Crippen LogP contribution in [0, 0.1) is 20.2 Å². The molecule has 0 bridgehead atoms. The third kappa shape index (κ3) is 3.06. The van der Waals surface area contributed by atoms with E-state index in [4.69, 9.17) is 0 Å². The highest BCUT2D eigenvalue weighted by Crippen LogP contribution is 2.38. The summed E-state index contributed by atoms with van der Waals surface area (Å²) < 4.78 is 0. The van der Waals surface area contributed by atoms with Gasteiger partial charge in [-0.3, -0.25) is 20.2 Å². The Morgan fingerprint density at radius 3 is 2.12 bits per heavy atom. The summed E-state index contributed by atoms with van der Waals surface area (Å²) in [6.45, 7) is 0. The first-order valence-corrected chi connectivity index (χ1v) is 6.69. The largest absolute Gasteiger partial charge is 0.479 e. The lowest BCUT2D eigenvalue weighted by molar-refractivity contribution is -0.423. The lowest BCUT2D eigenvalue weighted by Gasteiger charge is -2.23. The third-order valence-corrected chi connectivity index (χ3v) is 3.50. The average molecular weight is 332 g/mol. The van der Waals surface area contributed by atoms with E-state index in [9.17, 15) is 35.2 Å². The molecule has 2 aromatic rings. The van der Waals surface area contributed by atoms with Gasteiger partial charge in [0.25, 0.3) is 0 Å². The quantitative estimate of drug-likeness (QED) is 0.608. The second-order valence-electron chi connectivity index (χ2n) is 5.02. The van der Waals surface area contributed by atoms with Crippen LogP contribution in [0.15, 0.2) is 48.5 Å². The minimum Gasteiger partial charge on any atom is -0.479 e. The molecule has 2 aromatic carbocycles. The summed E-state index contributed by atoms with van der Waals surface area (Å²) in [6.07, 6.45) is -0.481. The molecule has 9 nitrogen and oxygen atoms in total. The normalized spacial score (nSPS) is 13.0. The highest BCUT2D eigenvalue weighted by Gasteiger charge is 2.46. The highest BCUT2D eigenvalue weighted by molar-refractivity contribution is 5.82. The molecule has 0 saturated carbocycles. The zero-order valence-electron chi connectivity index (χ0n) is 12.2. The number of aliphatic hydroxyl groups is 1. The zero-order chi connectivity index (χ0) is 17.9. The van der Waals surface area contributed by atoms with Gasteiger partial charge < -0.3 is 10.2 Å². The van der Waals surface area contributed by atoms with Gasteiger partial charge in [0.15, 0.2) is 5.60 Å². The van der Waals surface area contributed by atoms with Crippen LogP contribution in [0.2, 0.25) is 0 Å². The van der Waals surface area contributed by atoms with Crippen LogP contribution < -0.4 is 0 Å². The van der Waals surface area contributed by atoms with Crippen LogP contribution in [0.5, 0.6) is 0 Å². The van der Waals surface area contributed by atoms with Crippen molar-refractivity contribution in [2.75, 3.05) is 0 Å². The Labute approximate surface area is 135 Å². The fourth-order valence-corrected chi connectivity index (χ4v) is 2.38. The predicted octanol–water partition coefficient (Wildman–Crippen LogP) is 2.02. The molecule has 0 aliphatic carbocycles. The van der Waals surface area contributed by atoms with E-state index in [1.807, 2.05) is 0 Å². The number of hydrogen-bond acceptors (Lipinski definition) is 6. The van der Waals surface area contributed by atoms with Crippen molar-refractivity contribution in [1.29, 1.82) is 0 Å². The lowest BCUT2D eigenvalue weighted by atomic mass is 9.86. The van der Waals surface area contributed by atoms with E-state index in [1.165, 1.54) is 12.1 Å². The van der Waals surface area contributed by atoms with Crippen molar-refractivity contribution in [3.05, 3.63) is 79.9 Å². The molecule has 2 N–H and O–H groups in total. The van der Waals surface area contributed by atoms with Crippen LogP contribution in [0.3, 0.4) is 0 Å². The summed E-state index contributed by atoms with van der Waals surface area (Å²) in [5, 5.41) is 42.3. The van der Waals surface area contributed by atoms with Gasteiger partial charge in [-0.1, -0.05) is 36.4 Å². The molecule has 1 unspecified atom stereocenters. The van der Waals surface area contributed by atoms with Crippen molar-refractivity contribution in [3.8, 4) is 0 Å². The SMILES string of the molecule is O=C(O)C(O)(Cc1ccccc1)c1cccc([N+](=O)[O-])c1[N+](=O)[O-]. The maximum Gasteiger partial charge on any atom is 0.352 e. The van der Waals surface area contributed by atoms with Gasteiger partial charge >= 0.3 is 17.3 Å².